The van der Waals surface area contributed by atoms with Crippen LogP contribution in [-0.4, -0.2) is 46.5 Å². The van der Waals surface area contributed by atoms with Crippen molar-refractivity contribution in [2.24, 2.45) is 5.73 Å². The molecule has 1 saturated heterocycles. The number of imide groups is 2. The van der Waals surface area contributed by atoms with Gasteiger partial charge in [0.05, 0.1) is 11.1 Å². The van der Waals surface area contributed by atoms with Crippen LogP contribution in [-0.2, 0) is 14.4 Å². The number of carbonyl (C=O) groups excluding carboxylic acids is 5. The summed E-state index contributed by atoms with van der Waals surface area (Å²) in [4.78, 5) is 61.4. The lowest BCUT2D eigenvalue weighted by molar-refractivity contribution is -0.136. The van der Waals surface area contributed by atoms with Crippen molar-refractivity contribution in [1.82, 2.24) is 10.2 Å². The Hall–Kier alpha value is -3.23. The fraction of sp³-hybridized carbons (Fsp3) is 0.421. The number of benzene rings is 1. The Balaban J connectivity index is 1.82. The smallest absolute Gasteiger partial charge is 0.262 e. The molecule has 4 N–H and O–H groups in total. The minimum absolute atomic E-state index is 0.0638. The first-order chi connectivity index (χ1) is 13.3. The molecule has 0 spiro atoms. The number of nitrogens with zero attached hydrogens (tertiary/aromatic N) is 1. The van der Waals surface area contributed by atoms with Gasteiger partial charge in [-0.05, 0) is 31.0 Å². The van der Waals surface area contributed by atoms with E-state index in [-0.39, 0.29) is 24.0 Å². The average molecular weight is 386 g/mol. The molecule has 1 aromatic carbocycles. The van der Waals surface area contributed by atoms with Crippen molar-refractivity contribution in [3.05, 3.63) is 29.3 Å². The van der Waals surface area contributed by atoms with Gasteiger partial charge in [0.25, 0.3) is 11.8 Å². The molecule has 2 heterocycles. The van der Waals surface area contributed by atoms with Crippen molar-refractivity contribution >= 4 is 35.2 Å². The summed E-state index contributed by atoms with van der Waals surface area (Å²) in [6.07, 6.45) is 2.43. The van der Waals surface area contributed by atoms with Crippen LogP contribution in [0.25, 0.3) is 0 Å². The molecule has 2 aliphatic heterocycles. The average Bonchev–Trinajstić information content (AvgIpc) is 2.89. The Labute approximate surface area is 161 Å². The second-order valence-electron chi connectivity index (χ2n) is 6.95. The Morgan fingerprint density at radius 3 is 2.61 bits per heavy atom. The summed E-state index contributed by atoms with van der Waals surface area (Å²) in [5.74, 6) is -2.74. The number of nitrogens with two attached hydrogens (primary N) is 1. The van der Waals surface area contributed by atoms with E-state index in [9.17, 15) is 24.0 Å². The standard InChI is InChI=1S/C19H22N4O5/c1-2-3-4-13(16(20)25)21-10-5-6-11-12(9-10)19(28)23(18(11)27)14-7-8-15(24)22-17(14)26/h5-6,9,13-14,21H,2-4,7-8H2,1H3,(H2,20,25)(H,22,24,26). The highest BCUT2D eigenvalue weighted by molar-refractivity contribution is 6.23. The van der Waals surface area contributed by atoms with Gasteiger partial charge in [-0.15, -0.1) is 0 Å². The van der Waals surface area contributed by atoms with Crippen molar-refractivity contribution in [1.29, 1.82) is 0 Å². The van der Waals surface area contributed by atoms with Gasteiger partial charge in [0.15, 0.2) is 0 Å². The molecule has 3 rings (SSSR count). The molecule has 2 aliphatic rings. The molecule has 2 atom stereocenters. The fourth-order valence-corrected chi connectivity index (χ4v) is 3.46. The first-order valence-corrected chi connectivity index (χ1v) is 9.25. The van der Waals surface area contributed by atoms with E-state index < -0.39 is 41.6 Å². The molecule has 9 nitrogen and oxygen atoms in total. The molecule has 2 unspecified atom stereocenters. The number of amides is 5. The lowest BCUT2D eigenvalue weighted by Crippen LogP contribution is -2.54. The van der Waals surface area contributed by atoms with Crippen LogP contribution in [0.4, 0.5) is 5.69 Å². The topological polar surface area (TPSA) is 139 Å². The van der Waals surface area contributed by atoms with E-state index >= 15 is 0 Å². The van der Waals surface area contributed by atoms with Crippen LogP contribution in [0.15, 0.2) is 18.2 Å². The Morgan fingerprint density at radius 2 is 1.96 bits per heavy atom. The van der Waals surface area contributed by atoms with Crippen LogP contribution in [0.1, 0.15) is 59.7 Å². The van der Waals surface area contributed by atoms with Gasteiger partial charge in [0, 0.05) is 12.1 Å². The third-order valence-electron chi connectivity index (χ3n) is 4.97. The summed E-state index contributed by atoms with van der Waals surface area (Å²) in [6, 6.07) is 2.98. The van der Waals surface area contributed by atoms with Crippen LogP contribution in [0.5, 0.6) is 0 Å². The van der Waals surface area contributed by atoms with Crippen LogP contribution < -0.4 is 16.4 Å². The number of unbranched alkanes of at least 4 members (excludes halogenated alkanes) is 1. The lowest BCUT2D eigenvalue weighted by Gasteiger charge is -2.27. The molecule has 148 valence electrons. The van der Waals surface area contributed by atoms with E-state index in [1.54, 1.807) is 6.07 Å². The van der Waals surface area contributed by atoms with E-state index in [0.717, 1.165) is 17.7 Å². The molecule has 0 aromatic heterocycles. The third kappa shape index (κ3) is 3.60. The summed E-state index contributed by atoms with van der Waals surface area (Å²) in [5.41, 5.74) is 6.26. The van der Waals surface area contributed by atoms with E-state index in [1.807, 2.05) is 6.92 Å². The van der Waals surface area contributed by atoms with Crippen LogP contribution >= 0.6 is 0 Å². The van der Waals surface area contributed by atoms with Crippen molar-refractivity contribution in [3.63, 3.8) is 0 Å². The summed E-state index contributed by atoms with van der Waals surface area (Å²) in [5, 5.41) is 5.16. The monoisotopic (exact) mass is 386 g/mol. The van der Waals surface area contributed by atoms with Gasteiger partial charge in [-0.2, -0.15) is 0 Å². The molecule has 0 bridgehead atoms. The maximum Gasteiger partial charge on any atom is 0.262 e. The SMILES string of the molecule is CCCCC(Nc1ccc2c(c1)C(=O)N(C1CCC(=O)NC1=O)C2=O)C(N)=O. The molecular weight excluding hydrogens is 364 g/mol. The number of anilines is 1. The highest BCUT2D eigenvalue weighted by Gasteiger charge is 2.44. The van der Waals surface area contributed by atoms with Crippen molar-refractivity contribution in [2.75, 3.05) is 5.32 Å². The number of fused-ring (bicyclic) bond motifs is 1. The lowest BCUT2D eigenvalue weighted by atomic mass is 10.0. The zero-order valence-electron chi connectivity index (χ0n) is 15.5. The first kappa shape index (κ1) is 19.5. The number of piperidine rings is 1. The number of rotatable bonds is 7. The summed E-state index contributed by atoms with van der Waals surface area (Å²) < 4.78 is 0. The van der Waals surface area contributed by atoms with Gasteiger partial charge in [-0.3, -0.25) is 34.2 Å². The van der Waals surface area contributed by atoms with Gasteiger partial charge < -0.3 is 11.1 Å². The molecule has 0 aliphatic carbocycles. The normalized spacial score (nSPS) is 20.0. The van der Waals surface area contributed by atoms with Crippen LogP contribution in [0, 0.1) is 0 Å². The molecule has 0 radical (unpaired) electrons. The summed E-state index contributed by atoms with van der Waals surface area (Å²) in [6.45, 7) is 2.00. The zero-order valence-corrected chi connectivity index (χ0v) is 15.5. The maximum atomic E-state index is 12.8. The van der Waals surface area contributed by atoms with Gasteiger partial charge >= 0.3 is 0 Å². The number of primary amides is 1. The minimum Gasteiger partial charge on any atom is -0.374 e. The van der Waals surface area contributed by atoms with Gasteiger partial charge in [-0.25, -0.2) is 0 Å². The molecule has 28 heavy (non-hydrogen) atoms. The van der Waals surface area contributed by atoms with Crippen molar-refractivity contribution < 1.29 is 24.0 Å². The van der Waals surface area contributed by atoms with Gasteiger partial charge in [0.1, 0.15) is 12.1 Å². The molecule has 1 aromatic rings. The van der Waals surface area contributed by atoms with E-state index in [2.05, 4.69) is 10.6 Å². The summed E-state index contributed by atoms with van der Waals surface area (Å²) in [7, 11) is 0. The second kappa shape index (κ2) is 7.79. The van der Waals surface area contributed by atoms with E-state index in [0.29, 0.717) is 12.1 Å². The van der Waals surface area contributed by atoms with Gasteiger partial charge in [0.2, 0.25) is 17.7 Å². The number of hydrogen-bond acceptors (Lipinski definition) is 6. The van der Waals surface area contributed by atoms with E-state index in [1.165, 1.54) is 12.1 Å². The summed E-state index contributed by atoms with van der Waals surface area (Å²) >= 11 is 0. The minimum atomic E-state index is -1.01. The number of carbonyl (C=O) groups is 5. The predicted octanol–water partition coefficient (Wildman–Crippen LogP) is 0.544. The molecule has 9 heteroatoms. The Bertz CT molecular complexity index is 866. The largest absolute Gasteiger partial charge is 0.374 e. The maximum absolute atomic E-state index is 12.8. The van der Waals surface area contributed by atoms with E-state index in [4.69, 9.17) is 5.73 Å². The third-order valence-corrected chi connectivity index (χ3v) is 4.97. The second-order valence-corrected chi connectivity index (χ2v) is 6.95. The molecular formula is C19H22N4O5. The molecule has 0 saturated carbocycles. The quantitative estimate of drug-likeness (QED) is 0.585. The van der Waals surface area contributed by atoms with Crippen LogP contribution in [0.2, 0.25) is 0 Å². The Kier molecular flexibility index (Phi) is 5.43. The van der Waals surface area contributed by atoms with Crippen LogP contribution in [0.3, 0.4) is 0 Å². The number of nitrogens with one attached hydrogen (secondary N) is 2. The zero-order chi connectivity index (χ0) is 20.4. The highest BCUT2D eigenvalue weighted by Crippen LogP contribution is 2.29. The van der Waals surface area contributed by atoms with Crippen molar-refractivity contribution in [3.8, 4) is 0 Å². The first-order valence-electron chi connectivity index (χ1n) is 9.25. The van der Waals surface area contributed by atoms with Crippen molar-refractivity contribution in [2.45, 2.75) is 51.1 Å². The fourth-order valence-electron chi connectivity index (χ4n) is 3.46. The molecule has 1 fully saturated rings. The number of hydrogen-bond donors (Lipinski definition) is 3. The molecule has 5 amide bonds. The van der Waals surface area contributed by atoms with Gasteiger partial charge in [-0.1, -0.05) is 19.8 Å². The Morgan fingerprint density at radius 1 is 1.25 bits per heavy atom. The highest BCUT2D eigenvalue weighted by atomic mass is 16.2. The predicted molar refractivity (Wildman–Crippen MR) is 99.2 cm³/mol.